The van der Waals surface area contributed by atoms with Crippen LogP contribution >= 0.6 is 11.7 Å². The molecule has 0 fully saturated rings. The zero-order valence-electron chi connectivity index (χ0n) is 16.1. The molecule has 0 aliphatic heterocycles. The first-order valence-corrected chi connectivity index (χ1v) is 11.7. The Kier molecular flexibility index (Phi) is 5.37. The van der Waals surface area contributed by atoms with Crippen LogP contribution in [0.15, 0.2) is 47.4 Å². The molecule has 0 bridgehead atoms. The number of fused-ring (bicyclic) bond motifs is 2. The van der Waals surface area contributed by atoms with Crippen LogP contribution in [0, 0.1) is 5.92 Å². The van der Waals surface area contributed by atoms with Gasteiger partial charge in [-0.2, -0.15) is 13.5 Å². The summed E-state index contributed by atoms with van der Waals surface area (Å²) in [5.74, 6) is -0.553. The van der Waals surface area contributed by atoms with E-state index in [0.29, 0.717) is 11.0 Å². The van der Waals surface area contributed by atoms with E-state index in [1.165, 1.54) is 11.6 Å². The van der Waals surface area contributed by atoms with E-state index in [4.69, 9.17) is 0 Å². The summed E-state index contributed by atoms with van der Waals surface area (Å²) in [7, 11) is -3.95. The second-order valence-electron chi connectivity index (χ2n) is 7.53. The lowest BCUT2D eigenvalue weighted by molar-refractivity contribution is -0.124. The monoisotopic (exact) mass is 430 g/mol. The first-order valence-electron chi connectivity index (χ1n) is 9.48. The van der Waals surface area contributed by atoms with Crippen LogP contribution in [0.25, 0.3) is 11.0 Å². The fraction of sp³-hybridized carbons (Fsp3) is 0.350. The predicted octanol–water partition coefficient (Wildman–Crippen LogP) is 2.80. The summed E-state index contributed by atoms with van der Waals surface area (Å²) in [6.07, 6.45) is 1.71. The second kappa shape index (κ2) is 7.81. The van der Waals surface area contributed by atoms with Crippen LogP contribution in [0.5, 0.6) is 0 Å². The Hall–Kier alpha value is -2.36. The standard InChI is InChI=1S/C20H22N4O3S2/c1-12(2)18(20(25)21-15-11-10-13-6-3-4-7-14(13)15)24-29(26,27)17-9-5-8-16-19(17)23-28-22-16/h3-9,12,15,18,24H,10-11H2,1-2H3,(H,21,25). The van der Waals surface area contributed by atoms with E-state index in [2.05, 4.69) is 24.9 Å². The van der Waals surface area contributed by atoms with Gasteiger partial charge >= 0.3 is 0 Å². The molecule has 2 atom stereocenters. The van der Waals surface area contributed by atoms with Crippen molar-refractivity contribution in [2.75, 3.05) is 0 Å². The number of aryl methyl sites for hydroxylation is 1. The minimum Gasteiger partial charge on any atom is -0.348 e. The van der Waals surface area contributed by atoms with Crippen LogP contribution < -0.4 is 10.0 Å². The Bertz CT molecular complexity index is 1160. The minimum atomic E-state index is -3.95. The number of benzene rings is 2. The number of nitrogens with one attached hydrogen (secondary N) is 2. The summed E-state index contributed by atoms with van der Waals surface area (Å²) in [6.45, 7) is 3.64. The van der Waals surface area contributed by atoms with Crippen LogP contribution in [-0.2, 0) is 21.2 Å². The van der Waals surface area contributed by atoms with E-state index >= 15 is 0 Å². The van der Waals surface area contributed by atoms with Crippen LogP contribution in [0.2, 0.25) is 0 Å². The van der Waals surface area contributed by atoms with Crippen molar-refractivity contribution < 1.29 is 13.2 Å². The van der Waals surface area contributed by atoms with Crippen molar-refractivity contribution in [3.05, 3.63) is 53.6 Å². The van der Waals surface area contributed by atoms with E-state index < -0.39 is 16.1 Å². The third-order valence-electron chi connectivity index (χ3n) is 5.22. The van der Waals surface area contributed by atoms with Gasteiger partial charge in [0.2, 0.25) is 15.9 Å². The largest absolute Gasteiger partial charge is 0.348 e. The average Bonchev–Trinajstić information content (AvgIpc) is 3.33. The van der Waals surface area contributed by atoms with E-state index in [1.54, 1.807) is 12.1 Å². The van der Waals surface area contributed by atoms with Gasteiger partial charge in [-0.3, -0.25) is 4.79 Å². The molecule has 1 aliphatic carbocycles. The fourth-order valence-electron chi connectivity index (χ4n) is 3.69. The normalized spacial score (nSPS) is 17.4. The zero-order chi connectivity index (χ0) is 20.6. The summed E-state index contributed by atoms with van der Waals surface area (Å²) in [5.41, 5.74) is 3.16. The van der Waals surface area contributed by atoms with Crippen molar-refractivity contribution in [2.24, 2.45) is 5.92 Å². The molecule has 1 amide bonds. The molecule has 0 spiro atoms. The molecule has 29 heavy (non-hydrogen) atoms. The molecule has 1 heterocycles. The zero-order valence-corrected chi connectivity index (χ0v) is 17.8. The Morgan fingerprint density at radius 1 is 1.14 bits per heavy atom. The third kappa shape index (κ3) is 3.90. The molecular weight excluding hydrogens is 408 g/mol. The molecule has 2 unspecified atom stereocenters. The first-order chi connectivity index (χ1) is 13.9. The van der Waals surface area contributed by atoms with Crippen molar-refractivity contribution in [2.45, 2.75) is 43.7 Å². The Morgan fingerprint density at radius 2 is 1.93 bits per heavy atom. The first kappa shape index (κ1) is 19.9. The van der Waals surface area contributed by atoms with Crippen LogP contribution in [0.1, 0.15) is 37.4 Å². The highest BCUT2D eigenvalue weighted by atomic mass is 32.2. The predicted molar refractivity (Wildman–Crippen MR) is 112 cm³/mol. The fourth-order valence-corrected chi connectivity index (χ4v) is 5.80. The molecule has 152 valence electrons. The lowest BCUT2D eigenvalue weighted by atomic mass is 10.0. The number of sulfonamides is 1. The molecule has 4 rings (SSSR count). The highest BCUT2D eigenvalue weighted by Gasteiger charge is 2.32. The van der Waals surface area contributed by atoms with Gasteiger partial charge in [-0.25, -0.2) is 8.42 Å². The molecule has 0 radical (unpaired) electrons. The third-order valence-corrected chi connectivity index (χ3v) is 7.23. The van der Waals surface area contributed by atoms with Gasteiger partial charge in [0.1, 0.15) is 22.0 Å². The second-order valence-corrected chi connectivity index (χ2v) is 9.74. The maximum atomic E-state index is 13.0. The average molecular weight is 431 g/mol. The number of hydrogen-bond donors (Lipinski definition) is 2. The topological polar surface area (TPSA) is 101 Å². The molecule has 0 saturated heterocycles. The molecule has 1 aliphatic rings. The Morgan fingerprint density at radius 3 is 2.72 bits per heavy atom. The highest BCUT2D eigenvalue weighted by Crippen LogP contribution is 2.31. The van der Waals surface area contributed by atoms with Crippen molar-refractivity contribution in [3.8, 4) is 0 Å². The quantitative estimate of drug-likeness (QED) is 0.626. The van der Waals surface area contributed by atoms with Gasteiger partial charge in [-0.1, -0.05) is 44.2 Å². The van der Waals surface area contributed by atoms with Crippen LogP contribution in [-0.4, -0.2) is 29.1 Å². The number of amides is 1. The minimum absolute atomic E-state index is 0.0356. The lowest BCUT2D eigenvalue weighted by Gasteiger charge is -2.24. The Labute approximate surface area is 173 Å². The number of hydrogen-bond acceptors (Lipinski definition) is 6. The molecule has 1 aromatic heterocycles. The molecule has 2 aromatic carbocycles. The summed E-state index contributed by atoms with van der Waals surface area (Å²) >= 11 is 0.958. The van der Waals surface area contributed by atoms with Gasteiger partial charge in [0.25, 0.3) is 0 Å². The lowest BCUT2D eigenvalue weighted by Crippen LogP contribution is -2.50. The molecule has 3 aromatic rings. The van der Waals surface area contributed by atoms with Crippen molar-refractivity contribution >= 4 is 38.7 Å². The molecular formula is C20H22N4O3S2. The van der Waals surface area contributed by atoms with Gasteiger partial charge in [-0.05, 0) is 42.0 Å². The van der Waals surface area contributed by atoms with Gasteiger partial charge in [0.05, 0.1) is 17.8 Å². The van der Waals surface area contributed by atoms with E-state index in [1.807, 2.05) is 32.0 Å². The highest BCUT2D eigenvalue weighted by molar-refractivity contribution is 7.89. The van der Waals surface area contributed by atoms with Crippen LogP contribution in [0.3, 0.4) is 0 Å². The van der Waals surface area contributed by atoms with Gasteiger partial charge in [-0.15, -0.1) is 0 Å². The number of carbonyl (C=O) groups is 1. The number of carbonyl (C=O) groups excluding carboxylic acids is 1. The van der Waals surface area contributed by atoms with Gasteiger partial charge in [0.15, 0.2) is 0 Å². The van der Waals surface area contributed by atoms with Crippen molar-refractivity contribution in [3.63, 3.8) is 0 Å². The van der Waals surface area contributed by atoms with Crippen LogP contribution in [0.4, 0.5) is 0 Å². The smallest absolute Gasteiger partial charge is 0.243 e. The van der Waals surface area contributed by atoms with E-state index in [0.717, 1.165) is 30.1 Å². The summed E-state index contributed by atoms with van der Waals surface area (Å²) in [5, 5.41) is 3.03. The van der Waals surface area contributed by atoms with Gasteiger partial charge < -0.3 is 5.32 Å². The Balaban J connectivity index is 1.56. The van der Waals surface area contributed by atoms with Crippen molar-refractivity contribution in [1.82, 2.24) is 18.8 Å². The van der Waals surface area contributed by atoms with Gasteiger partial charge in [0, 0.05) is 0 Å². The SMILES string of the molecule is CC(C)C(NS(=O)(=O)c1cccc2nsnc12)C(=O)NC1CCc2ccccc21. The summed E-state index contributed by atoms with van der Waals surface area (Å²) in [4.78, 5) is 13.0. The van der Waals surface area contributed by atoms with E-state index in [9.17, 15) is 13.2 Å². The summed E-state index contributed by atoms with van der Waals surface area (Å²) in [6, 6.07) is 11.8. The maximum Gasteiger partial charge on any atom is 0.243 e. The molecule has 7 nitrogen and oxygen atoms in total. The van der Waals surface area contributed by atoms with Crippen molar-refractivity contribution in [1.29, 1.82) is 0 Å². The molecule has 0 saturated carbocycles. The number of rotatable bonds is 6. The maximum absolute atomic E-state index is 13.0. The molecule has 9 heteroatoms. The number of aromatic nitrogens is 2. The van der Waals surface area contributed by atoms with E-state index in [-0.39, 0.29) is 22.8 Å². The number of nitrogens with zero attached hydrogens (tertiary/aromatic N) is 2. The summed E-state index contributed by atoms with van der Waals surface area (Å²) < 4.78 is 36.9. The molecule has 2 N–H and O–H groups in total.